The van der Waals surface area contributed by atoms with E-state index >= 15 is 0 Å². The highest BCUT2D eigenvalue weighted by Gasteiger charge is 2.29. The Morgan fingerprint density at radius 2 is 1.63 bits per heavy atom. The summed E-state index contributed by atoms with van der Waals surface area (Å²) in [4.78, 5) is 15.2. The molecule has 0 saturated carbocycles. The molecule has 0 atom stereocenters. The number of benzene rings is 1. The van der Waals surface area contributed by atoms with Gasteiger partial charge < -0.3 is 19.1 Å². The van der Waals surface area contributed by atoms with Gasteiger partial charge in [0, 0.05) is 36.3 Å². The van der Waals surface area contributed by atoms with Crippen molar-refractivity contribution in [1.82, 2.24) is 14.7 Å². The average molecular weight is 416 g/mol. The first kappa shape index (κ1) is 22.0. The third kappa shape index (κ3) is 4.40. The van der Waals surface area contributed by atoms with Gasteiger partial charge >= 0.3 is 0 Å². The van der Waals surface area contributed by atoms with Crippen LogP contribution in [0.4, 0.5) is 0 Å². The summed E-state index contributed by atoms with van der Waals surface area (Å²) in [6.45, 7) is 14.8. The SMILES string of the molecule is CCOc1cc(C(=O)N2CCc3c(cnn3C(C)(C)C)C2)cc(OCC)c1OCC. The summed E-state index contributed by atoms with van der Waals surface area (Å²) < 4.78 is 19.3. The van der Waals surface area contributed by atoms with E-state index in [1.165, 1.54) is 5.69 Å². The van der Waals surface area contributed by atoms with Crippen LogP contribution in [0.1, 0.15) is 63.2 Å². The molecule has 0 aliphatic carbocycles. The van der Waals surface area contributed by atoms with Crippen molar-refractivity contribution in [3.05, 3.63) is 35.2 Å². The van der Waals surface area contributed by atoms with Crippen LogP contribution in [0.15, 0.2) is 18.3 Å². The molecule has 0 bridgehead atoms. The zero-order valence-electron chi connectivity index (χ0n) is 18.9. The number of hydrogen-bond donors (Lipinski definition) is 0. The molecule has 164 valence electrons. The molecular formula is C23H33N3O4. The molecule has 0 spiro atoms. The summed E-state index contributed by atoms with van der Waals surface area (Å²) in [5, 5.41) is 4.57. The first-order valence-electron chi connectivity index (χ1n) is 10.7. The number of nitrogens with zero attached hydrogens (tertiary/aromatic N) is 3. The molecule has 0 fully saturated rings. The van der Waals surface area contributed by atoms with Crippen molar-refractivity contribution in [2.24, 2.45) is 0 Å². The van der Waals surface area contributed by atoms with Gasteiger partial charge in [-0.25, -0.2) is 0 Å². The van der Waals surface area contributed by atoms with E-state index in [-0.39, 0.29) is 11.4 Å². The van der Waals surface area contributed by atoms with E-state index in [4.69, 9.17) is 14.2 Å². The van der Waals surface area contributed by atoms with Crippen LogP contribution in [0.3, 0.4) is 0 Å². The molecule has 1 aliphatic heterocycles. The third-order valence-electron chi connectivity index (χ3n) is 5.01. The lowest BCUT2D eigenvalue weighted by atomic mass is 10.0. The smallest absolute Gasteiger partial charge is 0.254 e. The number of carbonyl (C=O) groups excluding carboxylic acids is 1. The highest BCUT2D eigenvalue weighted by molar-refractivity contribution is 5.95. The molecule has 7 heteroatoms. The molecule has 2 heterocycles. The summed E-state index contributed by atoms with van der Waals surface area (Å²) >= 11 is 0. The predicted octanol–water partition coefficient (Wildman–Crippen LogP) is 4.03. The van der Waals surface area contributed by atoms with Gasteiger partial charge in [0.25, 0.3) is 5.91 Å². The molecule has 0 N–H and O–H groups in total. The van der Waals surface area contributed by atoms with E-state index in [2.05, 4.69) is 30.6 Å². The van der Waals surface area contributed by atoms with Crippen LogP contribution in [0.2, 0.25) is 0 Å². The minimum atomic E-state index is -0.0757. The molecule has 2 aromatic rings. The number of fused-ring (bicyclic) bond motifs is 1. The number of aromatic nitrogens is 2. The fourth-order valence-corrected chi connectivity index (χ4v) is 3.78. The van der Waals surface area contributed by atoms with Crippen LogP contribution in [-0.4, -0.2) is 47.0 Å². The van der Waals surface area contributed by atoms with Crippen LogP contribution < -0.4 is 14.2 Å². The molecule has 0 radical (unpaired) electrons. The second kappa shape index (κ2) is 8.98. The van der Waals surface area contributed by atoms with Gasteiger partial charge in [0.05, 0.1) is 31.6 Å². The highest BCUT2D eigenvalue weighted by atomic mass is 16.5. The summed E-state index contributed by atoms with van der Waals surface area (Å²) in [5.74, 6) is 1.57. The maximum absolute atomic E-state index is 13.3. The van der Waals surface area contributed by atoms with Gasteiger partial charge in [-0.2, -0.15) is 5.10 Å². The van der Waals surface area contributed by atoms with Crippen LogP contribution in [0, 0.1) is 0 Å². The minimum absolute atomic E-state index is 0.0471. The first-order chi connectivity index (χ1) is 14.3. The van der Waals surface area contributed by atoms with E-state index in [0.29, 0.717) is 55.7 Å². The largest absolute Gasteiger partial charge is 0.490 e. The van der Waals surface area contributed by atoms with Gasteiger partial charge in [-0.15, -0.1) is 0 Å². The van der Waals surface area contributed by atoms with Crippen LogP contribution in [-0.2, 0) is 18.5 Å². The second-order valence-electron chi connectivity index (χ2n) is 8.28. The molecule has 1 aliphatic rings. The van der Waals surface area contributed by atoms with Gasteiger partial charge in [0.2, 0.25) is 5.75 Å². The topological polar surface area (TPSA) is 65.8 Å². The van der Waals surface area contributed by atoms with Crippen molar-refractivity contribution >= 4 is 5.91 Å². The molecule has 0 unspecified atom stereocenters. The van der Waals surface area contributed by atoms with E-state index in [9.17, 15) is 4.79 Å². The number of rotatable bonds is 7. The molecular weight excluding hydrogens is 382 g/mol. The van der Waals surface area contributed by atoms with E-state index < -0.39 is 0 Å². The Morgan fingerprint density at radius 1 is 1.03 bits per heavy atom. The molecule has 7 nitrogen and oxygen atoms in total. The van der Waals surface area contributed by atoms with E-state index in [1.807, 2.05) is 31.9 Å². The average Bonchev–Trinajstić information content (AvgIpc) is 3.13. The number of carbonyl (C=O) groups is 1. The Hall–Kier alpha value is -2.70. The van der Waals surface area contributed by atoms with Crippen LogP contribution in [0.25, 0.3) is 0 Å². The van der Waals surface area contributed by atoms with Crippen molar-refractivity contribution < 1.29 is 19.0 Å². The van der Waals surface area contributed by atoms with Crippen molar-refractivity contribution in [3.63, 3.8) is 0 Å². The lowest BCUT2D eigenvalue weighted by Gasteiger charge is -2.30. The molecule has 1 aromatic heterocycles. The first-order valence-corrected chi connectivity index (χ1v) is 10.7. The molecule has 1 amide bonds. The number of hydrogen-bond acceptors (Lipinski definition) is 5. The standard InChI is InChI=1S/C23H33N3O4/c1-7-28-19-12-16(13-20(29-8-2)21(19)30-9-3)22(27)25-11-10-18-17(15-25)14-24-26(18)23(4,5)6/h12-14H,7-11,15H2,1-6H3. The third-order valence-corrected chi connectivity index (χ3v) is 5.01. The van der Waals surface area contributed by atoms with Gasteiger partial charge in [-0.05, 0) is 53.7 Å². The fourth-order valence-electron chi connectivity index (χ4n) is 3.78. The van der Waals surface area contributed by atoms with Crippen molar-refractivity contribution in [2.75, 3.05) is 26.4 Å². The Balaban J connectivity index is 1.90. The summed E-state index contributed by atoms with van der Waals surface area (Å²) in [5.41, 5.74) is 2.78. The van der Waals surface area contributed by atoms with E-state index in [0.717, 1.165) is 12.0 Å². The monoisotopic (exact) mass is 415 g/mol. The van der Waals surface area contributed by atoms with Crippen molar-refractivity contribution in [2.45, 2.75) is 60.0 Å². The van der Waals surface area contributed by atoms with E-state index in [1.54, 1.807) is 12.1 Å². The number of amides is 1. The lowest BCUT2D eigenvalue weighted by Crippen LogP contribution is -2.37. The fraction of sp³-hybridized carbons (Fsp3) is 0.565. The summed E-state index contributed by atoms with van der Waals surface area (Å²) in [6, 6.07) is 3.51. The summed E-state index contributed by atoms with van der Waals surface area (Å²) in [7, 11) is 0. The van der Waals surface area contributed by atoms with Crippen LogP contribution >= 0.6 is 0 Å². The zero-order chi connectivity index (χ0) is 21.9. The Labute approximate surface area is 178 Å². The maximum Gasteiger partial charge on any atom is 0.254 e. The predicted molar refractivity (Wildman–Crippen MR) is 116 cm³/mol. The van der Waals surface area contributed by atoms with Gasteiger partial charge in [0.1, 0.15) is 0 Å². The molecule has 1 aromatic carbocycles. The zero-order valence-corrected chi connectivity index (χ0v) is 18.9. The number of ether oxygens (including phenoxy) is 3. The van der Waals surface area contributed by atoms with Crippen molar-refractivity contribution in [1.29, 1.82) is 0 Å². The Morgan fingerprint density at radius 3 is 2.17 bits per heavy atom. The maximum atomic E-state index is 13.3. The van der Waals surface area contributed by atoms with Crippen LogP contribution in [0.5, 0.6) is 17.2 Å². The quantitative estimate of drug-likeness (QED) is 0.683. The molecule has 3 rings (SSSR count). The van der Waals surface area contributed by atoms with Gasteiger partial charge in [-0.1, -0.05) is 0 Å². The molecule has 0 saturated heterocycles. The van der Waals surface area contributed by atoms with Crippen molar-refractivity contribution in [3.8, 4) is 17.2 Å². The summed E-state index contributed by atoms with van der Waals surface area (Å²) in [6.07, 6.45) is 2.67. The minimum Gasteiger partial charge on any atom is -0.490 e. The lowest BCUT2D eigenvalue weighted by molar-refractivity contribution is 0.0731. The highest BCUT2D eigenvalue weighted by Crippen LogP contribution is 2.39. The second-order valence-corrected chi connectivity index (χ2v) is 8.28. The van der Waals surface area contributed by atoms with Gasteiger partial charge in [-0.3, -0.25) is 9.48 Å². The Kier molecular flexibility index (Phi) is 6.58. The van der Waals surface area contributed by atoms with Gasteiger partial charge in [0.15, 0.2) is 11.5 Å². The Bertz CT molecular complexity index is 871. The normalized spacial score (nSPS) is 13.7. The molecule has 30 heavy (non-hydrogen) atoms.